The van der Waals surface area contributed by atoms with Crippen LogP contribution in [0.4, 0.5) is 18.2 Å². The van der Waals surface area contributed by atoms with Gasteiger partial charge in [-0.1, -0.05) is 28.1 Å². The standard InChI is InChI=1S/C25H20BrF3N4O3S/c1-2-36-24(35)21-15-5-3-4-6-18(15)37-23(21)31-22(34)17-12-20-30-16(13-7-9-14(26)10-8-13)11-19(25(27,28)29)33(20)32-17/h7-12H,2-6H2,1H3,(H,31,34). The van der Waals surface area contributed by atoms with Crippen molar-refractivity contribution in [1.82, 2.24) is 14.6 Å². The van der Waals surface area contributed by atoms with Crippen molar-refractivity contribution in [3.63, 3.8) is 0 Å². The summed E-state index contributed by atoms with van der Waals surface area (Å²) in [6, 6.07) is 8.78. The van der Waals surface area contributed by atoms with Gasteiger partial charge in [-0.3, -0.25) is 4.79 Å². The summed E-state index contributed by atoms with van der Waals surface area (Å²) in [6.45, 7) is 1.87. The van der Waals surface area contributed by atoms with Crippen LogP contribution >= 0.6 is 27.3 Å². The molecule has 1 aliphatic carbocycles. The van der Waals surface area contributed by atoms with Gasteiger partial charge in [0, 0.05) is 21.0 Å². The molecule has 0 atom stereocenters. The van der Waals surface area contributed by atoms with Crippen LogP contribution in [-0.2, 0) is 23.8 Å². The van der Waals surface area contributed by atoms with Crippen molar-refractivity contribution in [3.05, 3.63) is 68.3 Å². The van der Waals surface area contributed by atoms with Crippen LogP contribution in [-0.4, -0.2) is 33.1 Å². The third-order valence-electron chi connectivity index (χ3n) is 5.97. The lowest BCUT2D eigenvalue weighted by atomic mass is 9.95. The predicted molar refractivity (Wildman–Crippen MR) is 136 cm³/mol. The number of rotatable bonds is 5. The summed E-state index contributed by atoms with van der Waals surface area (Å²) in [5, 5.41) is 6.92. The number of thiophene rings is 1. The lowest BCUT2D eigenvalue weighted by Crippen LogP contribution is -2.17. The highest BCUT2D eigenvalue weighted by atomic mass is 79.9. The van der Waals surface area contributed by atoms with Crippen molar-refractivity contribution in [2.75, 3.05) is 11.9 Å². The highest BCUT2D eigenvalue weighted by Crippen LogP contribution is 2.39. The molecule has 1 aliphatic rings. The summed E-state index contributed by atoms with van der Waals surface area (Å²) in [7, 11) is 0. The maximum Gasteiger partial charge on any atom is 0.433 e. The Morgan fingerprint density at radius 2 is 1.89 bits per heavy atom. The zero-order valence-corrected chi connectivity index (χ0v) is 21.9. The van der Waals surface area contributed by atoms with Crippen molar-refractivity contribution in [2.24, 2.45) is 0 Å². The van der Waals surface area contributed by atoms with Crippen LogP contribution in [0.3, 0.4) is 0 Å². The van der Waals surface area contributed by atoms with Gasteiger partial charge in [-0.15, -0.1) is 11.3 Å². The summed E-state index contributed by atoms with van der Waals surface area (Å²) < 4.78 is 48.4. The van der Waals surface area contributed by atoms with Crippen LogP contribution in [0.2, 0.25) is 0 Å². The van der Waals surface area contributed by atoms with Gasteiger partial charge in [-0.2, -0.15) is 18.3 Å². The topological polar surface area (TPSA) is 85.6 Å². The normalized spacial score (nSPS) is 13.4. The van der Waals surface area contributed by atoms with Crippen LogP contribution in [0.15, 0.2) is 40.9 Å². The molecule has 0 radical (unpaired) electrons. The fourth-order valence-electron chi connectivity index (χ4n) is 4.30. The third kappa shape index (κ3) is 4.99. The van der Waals surface area contributed by atoms with Gasteiger partial charge < -0.3 is 10.1 Å². The monoisotopic (exact) mass is 592 g/mol. The van der Waals surface area contributed by atoms with Gasteiger partial charge in [0.25, 0.3) is 5.91 Å². The molecule has 3 heterocycles. The van der Waals surface area contributed by atoms with E-state index in [-0.39, 0.29) is 23.6 Å². The van der Waals surface area contributed by atoms with E-state index in [2.05, 4.69) is 31.3 Å². The smallest absolute Gasteiger partial charge is 0.433 e. The number of esters is 1. The second-order valence-electron chi connectivity index (χ2n) is 8.42. The van der Waals surface area contributed by atoms with Crippen molar-refractivity contribution in [2.45, 2.75) is 38.8 Å². The molecule has 37 heavy (non-hydrogen) atoms. The van der Waals surface area contributed by atoms with Crippen LogP contribution < -0.4 is 5.32 Å². The molecule has 1 amide bonds. The summed E-state index contributed by atoms with van der Waals surface area (Å²) >= 11 is 4.59. The maximum atomic E-state index is 13.9. The quantitative estimate of drug-likeness (QED) is 0.266. The molecule has 12 heteroatoms. The van der Waals surface area contributed by atoms with Crippen LogP contribution in [0.1, 0.15) is 56.7 Å². The van der Waals surface area contributed by atoms with Crippen molar-refractivity contribution < 1.29 is 27.5 Å². The Morgan fingerprint density at radius 1 is 1.16 bits per heavy atom. The third-order valence-corrected chi connectivity index (χ3v) is 7.70. The van der Waals surface area contributed by atoms with Gasteiger partial charge in [-0.25, -0.2) is 14.3 Å². The number of fused-ring (bicyclic) bond motifs is 2. The number of halogens is 4. The molecule has 0 unspecified atom stereocenters. The van der Waals surface area contributed by atoms with Gasteiger partial charge in [0.15, 0.2) is 17.0 Å². The second kappa shape index (κ2) is 9.90. The largest absolute Gasteiger partial charge is 0.462 e. The Labute approximate surface area is 221 Å². The molecule has 192 valence electrons. The van der Waals surface area contributed by atoms with E-state index >= 15 is 0 Å². The molecule has 0 aliphatic heterocycles. The van der Waals surface area contributed by atoms with Crippen molar-refractivity contribution >= 4 is 49.8 Å². The molecule has 0 fully saturated rings. The summed E-state index contributed by atoms with van der Waals surface area (Å²) in [5.41, 5.74) is 0.293. The molecular formula is C25H20BrF3N4O3S. The van der Waals surface area contributed by atoms with E-state index in [0.29, 0.717) is 27.1 Å². The minimum Gasteiger partial charge on any atom is -0.462 e. The number of hydrogen-bond acceptors (Lipinski definition) is 6. The molecule has 0 saturated heterocycles. The number of benzene rings is 1. The summed E-state index contributed by atoms with van der Waals surface area (Å²) in [6.07, 6.45) is -1.37. The minimum absolute atomic E-state index is 0.0923. The van der Waals surface area contributed by atoms with E-state index in [9.17, 15) is 22.8 Å². The second-order valence-corrected chi connectivity index (χ2v) is 10.4. The lowest BCUT2D eigenvalue weighted by Gasteiger charge is -2.12. The first kappa shape index (κ1) is 25.4. The van der Waals surface area contributed by atoms with Gasteiger partial charge in [0.1, 0.15) is 5.00 Å². The van der Waals surface area contributed by atoms with E-state index < -0.39 is 23.7 Å². The first-order valence-corrected chi connectivity index (χ1v) is 13.1. The molecule has 7 nitrogen and oxygen atoms in total. The van der Waals surface area contributed by atoms with E-state index in [1.807, 2.05) is 0 Å². The van der Waals surface area contributed by atoms with Gasteiger partial charge in [-0.05, 0) is 56.4 Å². The molecule has 3 aromatic heterocycles. The SMILES string of the molecule is CCOC(=O)c1c(NC(=O)c2cc3nc(-c4ccc(Br)cc4)cc(C(F)(F)F)n3n2)sc2c1CCCC2. The molecule has 1 N–H and O–H groups in total. The average molecular weight is 593 g/mol. The highest BCUT2D eigenvalue weighted by molar-refractivity contribution is 9.10. The number of anilines is 1. The number of ether oxygens (including phenoxy) is 1. The number of carbonyl (C=O) groups is 2. The Morgan fingerprint density at radius 3 is 2.59 bits per heavy atom. The Bertz CT molecular complexity index is 1510. The number of aromatic nitrogens is 3. The van der Waals surface area contributed by atoms with Gasteiger partial charge in [0.2, 0.25) is 0 Å². The zero-order valence-electron chi connectivity index (χ0n) is 19.5. The Kier molecular flexibility index (Phi) is 6.80. The lowest BCUT2D eigenvalue weighted by molar-refractivity contribution is -0.142. The average Bonchev–Trinajstić information content (AvgIpc) is 3.44. The molecule has 4 aromatic rings. The molecule has 5 rings (SSSR count). The predicted octanol–water partition coefficient (Wildman–Crippen LogP) is 6.55. The minimum atomic E-state index is -4.74. The first-order chi connectivity index (χ1) is 17.7. The Balaban J connectivity index is 1.54. The number of carbonyl (C=O) groups excluding carboxylic acids is 2. The van der Waals surface area contributed by atoms with Crippen molar-refractivity contribution in [1.29, 1.82) is 0 Å². The summed E-state index contributed by atoms with van der Waals surface area (Å²) in [4.78, 5) is 31.1. The number of aryl methyl sites for hydroxylation is 1. The van der Waals surface area contributed by atoms with E-state index in [1.54, 1.807) is 31.2 Å². The van der Waals surface area contributed by atoms with Gasteiger partial charge in [0.05, 0.1) is 17.9 Å². The molecule has 0 bridgehead atoms. The van der Waals surface area contributed by atoms with Crippen LogP contribution in [0.5, 0.6) is 0 Å². The van der Waals surface area contributed by atoms with Crippen molar-refractivity contribution in [3.8, 4) is 11.3 Å². The number of hydrogen-bond donors (Lipinski definition) is 1. The number of amides is 1. The molecule has 0 saturated carbocycles. The summed E-state index contributed by atoms with van der Waals surface area (Å²) in [5.74, 6) is -1.28. The molecule has 1 aromatic carbocycles. The Hall–Kier alpha value is -3.25. The molecular weight excluding hydrogens is 573 g/mol. The van der Waals surface area contributed by atoms with E-state index in [1.165, 1.54) is 17.4 Å². The van der Waals surface area contributed by atoms with Gasteiger partial charge >= 0.3 is 12.1 Å². The van der Waals surface area contributed by atoms with E-state index in [4.69, 9.17) is 4.74 Å². The highest BCUT2D eigenvalue weighted by Gasteiger charge is 2.36. The van der Waals surface area contributed by atoms with Crippen LogP contribution in [0.25, 0.3) is 16.9 Å². The number of nitrogens with one attached hydrogen (secondary N) is 1. The van der Waals surface area contributed by atoms with Crippen LogP contribution in [0, 0.1) is 0 Å². The number of alkyl halides is 3. The van der Waals surface area contributed by atoms with E-state index in [0.717, 1.165) is 40.2 Å². The zero-order chi connectivity index (χ0) is 26.3. The number of nitrogens with zero attached hydrogens (tertiary/aromatic N) is 3. The fraction of sp³-hybridized carbons (Fsp3) is 0.280. The fourth-order valence-corrected chi connectivity index (χ4v) is 5.83. The maximum absolute atomic E-state index is 13.9. The first-order valence-electron chi connectivity index (χ1n) is 11.5. The molecule has 0 spiro atoms.